The van der Waals surface area contributed by atoms with E-state index in [1.807, 2.05) is 6.07 Å². The number of aromatic nitrogens is 2. The average Bonchev–Trinajstić information content (AvgIpc) is 2.40. The van der Waals surface area contributed by atoms with E-state index in [2.05, 4.69) is 9.97 Å². The lowest BCUT2D eigenvalue weighted by Crippen LogP contribution is -2.22. The monoisotopic (exact) mass is 258 g/mol. The van der Waals surface area contributed by atoms with E-state index in [0.29, 0.717) is 12.4 Å². The number of rotatable bonds is 3. The minimum atomic E-state index is -0.569. The maximum absolute atomic E-state index is 12.8. The molecule has 0 bridgehead atoms. The second kappa shape index (κ2) is 5.31. The van der Waals surface area contributed by atoms with Gasteiger partial charge in [0.25, 0.3) is 0 Å². The van der Waals surface area contributed by atoms with E-state index in [0.717, 1.165) is 5.56 Å². The Kier molecular flexibility index (Phi) is 3.57. The summed E-state index contributed by atoms with van der Waals surface area (Å²) in [5, 5.41) is 8.78. The van der Waals surface area contributed by atoms with Crippen LogP contribution in [0.3, 0.4) is 0 Å². The molecule has 1 aromatic carbocycles. The van der Waals surface area contributed by atoms with Crippen LogP contribution in [0.15, 0.2) is 35.1 Å². The fraction of sp³-hybridized carbons (Fsp3) is 0.154. The van der Waals surface area contributed by atoms with Crippen molar-refractivity contribution < 1.29 is 4.39 Å². The van der Waals surface area contributed by atoms with Crippen molar-refractivity contribution in [1.82, 2.24) is 9.97 Å². The van der Waals surface area contributed by atoms with Crippen LogP contribution in [0, 0.1) is 17.1 Å². The van der Waals surface area contributed by atoms with Gasteiger partial charge in [-0.15, -0.1) is 0 Å². The average molecular weight is 258 g/mol. The molecule has 0 saturated carbocycles. The molecule has 6 heteroatoms. The number of anilines is 1. The van der Waals surface area contributed by atoms with Crippen LogP contribution >= 0.6 is 0 Å². The maximum atomic E-state index is 12.8. The van der Waals surface area contributed by atoms with E-state index >= 15 is 0 Å². The molecule has 0 spiro atoms. The van der Waals surface area contributed by atoms with Crippen LogP contribution in [-0.2, 0) is 6.54 Å². The van der Waals surface area contributed by atoms with E-state index in [4.69, 9.17) is 5.26 Å². The van der Waals surface area contributed by atoms with E-state index in [1.165, 1.54) is 18.2 Å². The standard InChI is InChI=1S/C13H11FN4O/c1-18(8-9-2-4-10(14)5-3-9)12-6-11(7-15)16-13(19)17-12/h2-6H,8H2,1H3,(H,16,17,19). The highest BCUT2D eigenvalue weighted by Crippen LogP contribution is 2.12. The summed E-state index contributed by atoms with van der Waals surface area (Å²) in [4.78, 5) is 19.1. The Morgan fingerprint density at radius 2 is 2.11 bits per heavy atom. The van der Waals surface area contributed by atoms with Gasteiger partial charge in [-0.25, -0.2) is 9.18 Å². The zero-order chi connectivity index (χ0) is 13.8. The molecule has 1 heterocycles. The molecule has 0 aliphatic carbocycles. The number of aromatic amines is 1. The first-order valence-electron chi connectivity index (χ1n) is 5.55. The molecular weight excluding hydrogens is 247 g/mol. The Balaban J connectivity index is 2.22. The van der Waals surface area contributed by atoms with Gasteiger partial charge in [0.2, 0.25) is 0 Å². The molecule has 0 aliphatic rings. The summed E-state index contributed by atoms with van der Waals surface area (Å²) in [6, 6.07) is 9.41. The summed E-state index contributed by atoms with van der Waals surface area (Å²) in [6.07, 6.45) is 0. The molecule has 0 fully saturated rings. The zero-order valence-corrected chi connectivity index (χ0v) is 10.2. The third-order valence-electron chi connectivity index (χ3n) is 2.58. The molecule has 1 N–H and O–H groups in total. The first kappa shape index (κ1) is 12.8. The van der Waals surface area contributed by atoms with E-state index in [9.17, 15) is 9.18 Å². The van der Waals surface area contributed by atoms with Crippen molar-refractivity contribution in [3.63, 3.8) is 0 Å². The Morgan fingerprint density at radius 1 is 1.42 bits per heavy atom. The van der Waals surface area contributed by atoms with Crippen molar-refractivity contribution in [3.05, 3.63) is 57.9 Å². The quantitative estimate of drug-likeness (QED) is 0.903. The lowest BCUT2D eigenvalue weighted by atomic mass is 10.2. The number of hydrogen-bond donors (Lipinski definition) is 1. The zero-order valence-electron chi connectivity index (χ0n) is 10.2. The van der Waals surface area contributed by atoms with Gasteiger partial charge in [0.1, 0.15) is 23.4 Å². The molecule has 2 aromatic rings. The van der Waals surface area contributed by atoms with Gasteiger partial charge in [-0.1, -0.05) is 12.1 Å². The molecule has 96 valence electrons. The highest BCUT2D eigenvalue weighted by Gasteiger charge is 2.06. The van der Waals surface area contributed by atoms with Crippen molar-refractivity contribution in [3.8, 4) is 6.07 Å². The van der Waals surface area contributed by atoms with Crippen molar-refractivity contribution >= 4 is 5.82 Å². The minimum absolute atomic E-state index is 0.154. The van der Waals surface area contributed by atoms with Crippen LogP contribution in [0.25, 0.3) is 0 Å². The molecule has 2 rings (SSSR count). The van der Waals surface area contributed by atoms with Gasteiger partial charge in [-0.2, -0.15) is 10.2 Å². The molecule has 5 nitrogen and oxygen atoms in total. The van der Waals surface area contributed by atoms with Crippen LogP contribution in [0.5, 0.6) is 0 Å². The number of hydrogen-bond acceptors (Lipinski definition) is 4. The normalized spacial score (nSPS) is 9.95. The second-order valence-electron chi connectivity index (χ2n) is 4.05. The van der Waals surface area contributed by atoms with Gasteiger partial charge in [0, 0.05) is 19.7 Å². The van der Waals surface area contributed by atoms with Gasteiger partial charge in [0.05, 0.1) is 0 Å². The third kappa shape index (κ3) is 3.16. The highest BCUT2D eigenvalue weighted by molar-refractivity contribution is 5.41. The first-order chi connectivity index (χ1) is 9.08. The number of halogens is 1. The smallest absolute Gasteiger partial charge is 0.347 e. The molecule has 0 aliphatic heterocycles. The lowest BCUT2D eigenvalue weighted by Gasteiger charge is -2.17. The summed E-state index contributed by atoms with van der Waals surface area (Å²) >= 11 is 0. The van der Waals surface area contributed by atoms with Crippen molar-refractivity contribution in [1.29, 1.82) is 5.26 Å². The summed E-state index contributed by atoms with van der Waals surface area (Å²) in [6.45, 7) is 0.460. The molecule has 0 radical (unpaired) electrons. The summed E-state index contributed by atoms with van der Waals surface area (Å²) < 4.78 is 12.8. The highest BCUT2D eigenvalue weighted by atomic mass is 19.1. The summed E-state index contributed by atoms with van der Waals surface area (Å²) in [7, 11) is 1.74. The number of nitrogens with one attached hydrogen (secondary N) is 1. The van der Waals surface area contributed by atoms with Crippen molar-refractivity contribution in [2.45, 2.75) is 6.54 Å². The number of nitriles is 1. The Hall–Kier alpha value is -2.68. The van der Waals surface area contributed by atoms with Crippen LogP contribution in [0.1, 0.15) is 11.3 Å². The fourth-order valence-electron chi connectivity index (χ4n) is 1.65. The minimum Gasteiger partial charge on any atom is -0.355 e. The van der Waals surface area contributed by atoms with Crippen LogP contribution in [0.4, 0.5) is 10.2 Å². The summed E-state index contributed by atoms with van der Waals surface area (Å²) in [5.74, 6) is 0.0945. The van der Waals surface area contributed by atoms with Crippen LogP contribution in [-0.4, -0.2) is 17.0 Å². The van der Waals surface area contributed by atoms with Crippen molar-refractivity contribution in [2.75, 3.05) is 11.9 Å². The van der Waals surface area contributed by atoms with Gasteiger partial charge in [-0.05, 0) is 17.7 Å². The number of benzene rings is 1. The predicted molar refractivity (Wildman–Crippen MR) is 68.1 cm³/mol. The van der Waals surface area contributed by atoms with E-state index in [1.54, 1.807) is 24.1 Å². The van der Waals surface area contributed by atoms with E-state index in [-0.39, 0.29) is 11.5 Å². The van der Waals surface area contributed by atoms with Gasteiger partial charge in [0.15, 0.2) is 0 Å². The SMILES string of the molecule is CN(Cc1ccc(F)cc1)c1cc(C#N)[nH]c(=O)n1. The molecule has 0 atom stereocenters. The predicted octanol–water partition coefficient (Wildman–Crippen LogP) is 1.42. The molecule has 19 heavy (non-hydrogen) atoms. The lowest BCUT2D eigenvalue weighted by molar-refractivity contribution is 0.627. The molecule has 1 aromatic heterocycles. The molecule has 0 amide bonds. The topological polar surface area (TPSA) is 72.8 Å². The largest absolute Gasteiger partial charge is 0.355 e. The van der Waals surface area contributed by atoms with Gasteiger partial charge >= 0.3 is 5.69 Å². The Bertz CT molecular complexity index is 672. The second-order valence-corrected chi connectivity index (χ2v) is 4.05. The third-order valence-corrected chi connectivity index (χ3v) is 2.58. The molecule has 0 unspecified atom stereocenters. The van der Waals surface area contributed by atoms with Crippen molar-refractivity contribution in [2.24, 2.45) is 0 Å². The van der Waals surface area contributed by atoms with Gasteiger partial charge in [-0.3, -0.25) is 4.98 Å². The Labute approximate surface area is 109 Å². The van der Waals surface area contributed by atoms with Crippen LogP contribution < -0.4 is 10.6 Å². The maximum Gasteiger partial charge on any atom is 0.347 e. The molecule has 0 saturated heterocycles. The summed E-state index contributed by atoms with van der Waals surface area (Å²) in [5.41, 5.74) is 0.463. The van der Waals surface area contributed by atoms with E-state index < -0.39 is 5.69 Å². The Morgan fingerprint density at radius 3 is 2.74 bits per heavy atom. The fourth-order valence-corrected chi connectivity index (χ4v) is 1.65. The number of H-pyrrole nitrogens is 1. The van der Waals surface area contributed by atoms with Gasteiger partial charge < -0.3 is 4.90 Å². The first-order valence-corrected chi connectivity index (χ1v) is 5.55. The number of nitrogens with zero attached hydrogens (tertiary/aromatic N) is 3. The molecular formula is C13H11FN4O. The van der Waals surface area contributed by atoms with Crippen LogP contribution in [0.2, 0.25) is 0 Å².